The Labute approximate surface area is 92.4 Å². The van der Waals surface area contributed by atoms with Gasteiger partial charge in [-0.05, 0) is 18.8 Å². The molecule has 2 heterocycles. The molecule has 0 radical (unpaired) electrons. The van der Waals surface area contributed by atoms with Crippen LogP contribution in [0.4, 0.5) is 0 Å². The summed E-state index contributed by atoms with van der Waals surface area (Å²) in [5, 5.41) is 4.15. The lowest BCUT2D eigenvalue weighted by molar-refractivity contribution is -0.00636. The maximum absolute atomic E-state index is 5.69. The lowest BCUT2D eigenvalue weighted by Gasteiger charge is -2.26. The summed E-state index contributed by atoms with van der Waals surface area (Å²) in [6, 6.07) is 0. The van der Waals surface area contributed by atoms with Crippen LogP contribution in [0.3, 0.4) is 0 Å². The highest BCUT2D eigenvalue weighted by Crippen LogP contribution is 2.30. The van der Waals surface area contributed by atoms with Crippen molar-refractivity contribution in [2.75, 3.05) is 6.61 Å². The minimum absolute atomic E-state index is 0.275. The molecule has 1 aliphatic heterocycles. The van der Waals surface area contributed by atoms with Gasteiger partial charge in [0.1, 0.15) is 0 Å². The van der Waals surface area contributed by atoms with Crippen LogP contribution in [0, 0.1) is 5.92 Å². The summed E-state index contributed by atoms with van der Waals surface area (Å²) < 4.78 is 7.53. The van der Waals surface area contributed by atoms with Gasteiger partial charge < -0.3 is 4.74 Å². The van der Waals surface area contributed by atoms with Gasteiger partial charge in [0.05, 0.1) is 12.3 Å². The molecule has 1 saturated heterocycles. The second-order valence-electron chi connectivity index (χ2n) is 3.94. The summed E-state index contributed by atoms with van der Waals surface area (Å²) >= 11 is 0. The summed E-state index contributed by atoms with van der Waals surface area (Å²) in [5.74, 6) is 0.777. The minimum Gasteiger partial charge on any atom is -0.373 e. The molecule has 0 aliphatic carbocycles. The lowest BCUT2D eigenvalue weighted by Crippen LogP contribution is -2.17. The van der Waals surface area contributed by atoms with Crippen LogP contribution in [0.1, 0.15) is 45.3 Å². The molecule has 0 bridgehead atoms. The van der Waals surface area contributed by atoms with Crippen LogP contribution in [0.5, 0.6) is 0 Å². The van der Waals surface area contributed by atoms with E-state index in [1.54, 1.807) is 0 Å². The molecule has 3 nitrogen and oxygen atoms in total. The Morgan fingerprint density at radius 3 is 2.73 bits per heavy atom. The second-order valence-corrected chi connectivity index (χ2v) is 3.94. The maximum atomic E-state index is 5.69. The fraction of sp³-hybridized carbons (Fsp3) is 0.750. The van der Waals surface area contributed by atoms with Crippen LogP contribution in [0.2, 0.25) is 0 Å². The molecule has 1 aromatic heterocycles. The average molecular weight is 210 g/mol. The highest BCUT2D eigenvalue weighted by molar-refractivity contribution is 5.08. The molecular formula is C12H22N2O. The third-order valence-corrected chi connectivity index (χ3v) is 2.64. The van der Waals surface area contributed by atoms with E-state index in [0.717, 1.165) is 18.9 Å². The zero-order valence-corrected chi connectivity index (χ0v) is 10.2. The van der Waals surface area contributed by atoms with Gasteiger partial charge in [-0.25, -0.2) is 0 Å². The van der Waals surface area contributed by atoms with E-state index in [0.29, 0.717) is 0 Å². The SMILES string of the molecule is CC.CC1CCO[C@@H](c2cnn(C)c2)C1. The van der Waals surface area contributed by atoms with E-state index in [1.807, 2.05) is 38.0 Å². The van der Waals surface area contributed by atoms with Crippen molar-refractivity contribution in [1.29, 1.82) is 0 Å². The molecule has 3 heteroatoms. The van der Waals surface area contributed by atoms with Crippen molar-refractivity contribution in [2.45, 2.75) is 39.7 Å². The topological polar surface area (TPSA) is 27.1 Å². The largest absolute Gasteiger partial charge is 0.373 e. The van der Waals surface area contributed by atoms with Crippen LogP contribution < -0.4 is 0 Å². The van der Waals surface area contributed by atoms with E-state index in [2.05, 4.69) is 12.0 Å². The van der Waals surface area contributed by atoms with Crippen molar-refractivity contribution >= 4 is 0 Å². The summed E-state index contributed by atoms with van der Waals surface area (Å²) in [7, 11) is 1.94. The first-order valence-corrected chi connectivity index (χ1v) is 5.86. The average Bonchev–Trinajstić information content (AvgIpc) is 2.68. The Hall–Kier alpha value is -0.830. The number of aryl methyl sites for hydroxylation is 1. The van der Waals surface area contributed by atoms with Crippen molar-refractivity contribution in [3.8, 4) is 0 Å². The van der Waals surface area contributed by atoms with Gasteiger partial charge >= 0.3 is 0 Å². The van der Waals surface area contributed by atoms with Gasteiger partial charge in [0.15, 0.2) is 0 Å². The van der Waals surface area contributed by atoms with Crippen LogP contribution in [-0.2, 0) is 11.8 Å². The Morgan fingerprint density at radius 2 is 2.20 bits per heavy atom. The zero-order chi connectivity index (χ0) is 11.3. The Balaban J connectivity index is 0.000000531. The van der Waals surface area contributed by atoms with E-state index in [1.165, 1.54) is 12.0 Å². The molecule has 2 atom stereocenters. The van der Waals surface area contributed by atoms with Crippen LogP contribution in [0.15, 0.2) is 12.4 Å². The first-order chi connectivity index (χ1) is 7.25. The second kappa shape index (κ2) is 5.91. The Morgan fingerprint density at radius 1 is 1.47 bits per heavy atom. The molecule has 0 amide bonds. The molecular weight excluding hydrogens is 188 g/mol. The summed E-state index contributed by atoms with van der Waals surface area (Å²) in [6.45, 7) is 7.17. The summed E-state index contributed by atoms with van der Waals surface area (Å²) in [4.78, 5) is 0. The molecule has 0 spiro atoms. The normalized spacial score (nSPS) is 25.6. The van der Waals surface area contributed by atoms with Gasteiger partial charge in [-0.1, -0.05) is 20.8 Å². The fourth-order valence-electron chi connectivity index (χ4n) is 1.80. The van der Waals surface area contributed by atoms with E-state index < -0.39 is 0 Å². The standard InChI is InChI=1S/C10H16N2O.C2H6/c1-8-3-4-13-10(5-8)9-6-11-12(2)7-9;1-2/h6-8,10H,3-5H2,1-2H3;1-2H3/t8?,10-;/m1./s1. The molecule has 0 N–H and O–H groups in total. The number of nitrogens with zero attached hydrogens (tertiary/aromatic N) is 2. The third kappa shape index (κ3) is 3.34. The van der Waals surface area contributed by atoms with Crippen molar-refractivity contribution < 1.29 is 4.74 Å². The fourth-order valence-corrected chi connectivity index (χ4v) is 1.80. The van der Waals surface area contributed by atoms with Gasteiger partial charge in [-0.3, -0.25) is 4.68 Å². The molecule has 86 valence electrons. The molecule has 0 saturated carbocycles. The number of aromatic nitrogens is 2. The molecule has 15 heavy (non-hydrogen) atoms. The highest BCUT2D eigenvalue weighted by atomic mass is 16.5. The van der Waals surface area contributed by atoms with Crippen LogP contribution in [0.25, 0.3) is 0 Å². The van der Waals surface area contributed by atoms with Crippen LogP contribution >= 0.6 is 0 Å². The molecule has 1 aromatic rings. The number of hydrogen-bond acceptors (Lipinski definition) is 2. The van der Waals surface area contributed by atoms with Gasteiger partial charge in [-0.15, -0.1) is 0 Å². The summed E-state index contributed by atoms with van der Waals surface area (Å²) in [5.41, 5.74) is 1.22. The highest BCUT2D eigenvalue weighted by Gasteiger charge is 2.21. The van der Waals surface area contributed by atoms with Gasteiger partial charge in [0, 0.05) is 25.4 Å². The van der Waals surface area contributed by atoms with Crippen molar-refractivity contribution in [1.82, 2.24) is 9.78 Å². The number of ether oxygens (including phenoxy) is 1. The van der Waals surface area contributed by atoms with E-state index in [9.17, 15) is 0 Å². The number of hydrogen-bond donors (Lipinski definition) is 0. The maximum Gasteiger partial charge on any atom is 0.0857 e. The van der Waals surface area contributed by atoms with Crippen molar-refractivity contribution in [3.05, 3.63) is 18.0 Å². The molecule has 2 rings (SSSR count). The predicted molar refractivity (Wildman–Crippen MR) is 61.6 cm³/mol. The molecule has 1 aliphatic rings. The molecule has 1 fully saturated rings. The van der Waals surface area contributed by atoms with Gasteiger partial charge in [-0.2, -0.15) is 5.10 Å². The smallest absolute Gasteiger partial charge is 0.0857 e. The predicted octanol–water partition coefficient (Wildman–Crippen LogP) is 2.93. The van der Waals surface area contributed by atoms with Crippen molar-refractivity contribution in [3.63, 3.8) is 0 Å². The van der Waals surface area contributed by atoms with Gasteiger partial charge in [0.2, 0.25) is 0 Å². The third-order valence-electron chi connectivity index (χ3n) is 2.64. The zero-order valence-electron chi connectivity index (χ0n) is 10.2. The number of rotatable bonds is 1. The lowest BCUT2D eigenvalue weighted by atomic mass is 9.95. The molecule has 1 unspecified atom stereocenters. The first kappa shape index (κ1) is 12.2. The minimum atomic E-state index is 0.275. The van der Waals surface area contributed by atoms with E-state index >= 15 is 0 Å². The first-order valence-electron chi connectivity index (χ1n) is 5.86. The van der Waals surface area contributed by atoms with Crippen LogP contribution in [-0.4, -0.2) is 16.4 Å². The summed E-state index contributed by atoms with van der Waals surface area (Å²) in [6.07, 6.45) is 6.55. The van der Waals surface area contributed by atoms with E-state index in [4.69, 9.17) is 4.74 Å². The Bertz CT molecular complexity index is 283. The quantitative estimate of drug-likeness (QED) is 0.712. The van der Waals surface area contributed by atoms with Crippen molar-refractivity contribution in [2.24, 2.45) is 13.0 Å². The van der Waals surface area contributed by atoms with E-state index in [-0.39, 0.29) is 6.10 Å². The Kier molecular flexibility index (Phi) is 4.82. The van der Waals surface area contributed by atoms with Gasteiger partial charge in [0.25, 0.3) is 0 Å². The molecule has 0 aromatic carbocycles. The monoisotopic (exact) mass is 210 g/mol.